The Hall–Kier alpha value is -1.76. The molecule has 0 aromatic heterocycles. The molecule has 144 valence electrons. The molecule has 0 spiro atoms. The second kappa shape index (κ2) is 9.44. The Morgan fingerprint density at radius 1 is 1.15 bits per heavy atom. The number of piperazine rings is 1. The van der Waals surface area contributed by atoms with Gasteiger partial charge in [0.15, 0.2) is 6.61 Å². The van der Waals surface area contributed by atoms with Crippen LogP contribution in [0.25, 0.3) is 0 Å². The molecule has 2 aromatic carbocycles. The number of hydrogen-bond donors (Lipinski definition) is 1. The van der Waals surface area contributed by atoms with Crippen LogP contribution in [0.1, 0.15) is 6.92 Å². The molecule has 1 N–H and O–H groups in total. The van der Waals surface area contributed by atoms with E-state index in [1.54, 1.807) is 0 Å². The first-order valence-corrected chi connectivity index (χ1v) is 10.2. The Kier molecular flexibility index (Phi) is 6.99. The predicted molar refractivity (Wildman–Crippen MR) is 114 cm³/mol. The van der Waals surface area contributed by atoms with Crippen LogP contribution in [0.2, 0.25) is 5.02 Å². The number of carbonyl (C=O) groups is 1. The number of rotatable bonds is 6. The molecule has 1 aliphatic rings. The summed E-state index contributed by atoms with van der Waals surface area (Å²) in [6.45, 7) is 6.90. The van der Waals surface area contributed by atoms with Crippen LogP contribution in [0.3, 0.4) is 0 Å². The van der Waals surface area contributed by atoms with Gasteiger partial charge >= 0.3 is 0 Å². The molecule has 0 atom stereocenters. The molecular weight excluding hydrogens is 430 g/mol. The average Bonchev–Trinajstić information content (AvgIpc) is 2.68. The number of carbonyl (C=O) groups excluding carboxylic acids is 1. The maximum absolute atomic E-state index is 12.4. The van der Waals surface area contributed by atoms with E-state index in [-0.39, 0.29) is 12.5 Å². The van der Waals surface area contributed by atoms with Crippen molar-refractivity contribution in [2.45, 2.75) is 6.92 Å². The molecule has 5 nitrogen and oxygen atoms in total. The Morgan fingerprint density at radius 3 is 2.52 bits per heavy atom. The third kappa shape index (κ3) is 5.37. The fourth-order valence-corrected chi connectivity index (χ4v) is 3.65. The Bertz CT molecular complexity index is 777. The van der Waals surface area contributed by atoms with Crippen molar-refractivity contribution in [3.63, 3.8) is 0 Å². The van der Waals surface area contributed by atoms with Gasteiger partial charge in [0.2, 0.25) is 0 Å². The van der Waals surface area contributed by atoms with Crippen LogP contribution in [0.5, 0.6) is 5.75 Å². The van der Waals surface area contributed by atoms with Crippen molar-refractivity contribution < 1.29 is 9.53 Å². The number of amides is 1. The predicted octanol–water partition coefficient (Wildman–Crippen LogP) is 4.26. The van der Waals surface area contributed by atoms with E-state index in [1.165, 1.54) is 0 Å². The van der Waals surface area contributed by atoms with Crippen molar-refractivity contribution in [2.24, 2.45) is 0 Å². The average molecular weight is 453 g/mol. The van der Waals surface area contributed by atoms with Gasteiger partial charge in [-0.05, 0) is 42.9 Å². The van der Waals surface area contributed by atoms with E-state index in [0.717, 1.165) is 48.6 Å². The van der Waals surface area contributed by atoms with E-state index in [9.17, 15) is 4.79 Å². The van der Waals surface area contributed by atoms with Gasteiger partial charge < -0.3 is 19.9 Å². The highest BCUT2D eigenvalue weighted by atomic mass is 79.9. The van der Waals surface area contributed by atoms with Gasteiger partial charge in [-0.25, -0.2) is 0 Å². The highest BCUT2D eigenvalue weighted by Gasteiger charge is 2.21. The number of hydrogen-bond acceptors (Lipinski definition) is 4. The summed E-state index contributed by atoms with van der Waals surface area (Å²) in [5, 5.41) is 3.59. The van der Waals surface area contributed by atoms with Crippen LogP contribution in [0.15, 0.2) is 46.9 Å². The number of ether oxygens (including phenoxy) is 1. The smallest absolute Gasteiger partial charge is 0.262 e. The highest BCUT2D eigenvalue weighted by Crippen LogP contribution is 2.34. The van der Waals surface area contributed by atoms with Gasteiger partial charge in [-0.2, -0.15) is 0 Å². The number of nitrogens with one attached hydrogen (secondary N) is 1. The Balaban J connectivity index is 1.65. The second-order valence-corrected chi connectivity index (χ2v) is 7.67. The summed E-state index contributed by atoms with van der Waals surface area (Å²) in [6, 6.07) is 13.0. The minimum absolute atomic E-state index is 0.0583. The SMILES string of the molecule is CCN1CCN(c2c(Cl)cccc2NC(=O)COc2ccc(Br)cc2)CC1. The molecule has 0 unspecified atom stereocenters. The van der Waals surface area contributed by atoms with Gasteiger partial charge in [0.1, 0.15) is 5.75 Å². The zero-order chi connectivity index (χ0) is 19.2. The minimum Gasteiger partial charge on any atom is -0.484 e. The minimum atomic E-state index is -0.214. The lowest BCUT2D eigenvalue weighted by molar-refractivity contribution is -0.118. The lowest BCUT2D eigenvalue weighted by Crippen LogP contribution is -2.46. The second-order valence-electron chi connectivity index (χ2n) is 6.35. The van der Waals surface area contributed by atoms with Gasteiger partial charge in [0.25, 0.3) is 5.91 Å². The highest BCUT2D eigenvalue weighted by molar-refractivity contribution is 9.10. The molecule has 1 aliphatic heterocycles. The van der Waals surface area contributed by atoms with Crippen molar-refractivity contribution in [1.29, 1.82) is 0 Å². The van der Waals surface area contributed by atoms with Gasteiger partial charge in [-0.15, -0.1) is 0 Å². The Labute approximate surface area is 173 Å². The maximum atomic E-state index is 12.4. The summed E-state index contributed by atoms with van der Waals surface area (Å²) in [4.78, 5) is 17.0. The van der Waals surface area contributed by atoms with E-state index in [2.05, 4.69) is 38.0 Å². The summed E-state index contributed by atoms with van der Waals surface area (Å²) in [5.41, 5.74) is 1.60. The van der Waals surface area contributed by atoms with Crippen molar-refractivity contribution in [3.05, 3.63) is 52.0 Å². The standard InChI is InChI=1S/C20H23BrClN3O2/c1-2-24-10-12-25(13-11-24)20-17(22)4-3-5-18(20)23-19(26)14-27-16-8-6-15(21)7-9-16/h3-9H,2,10-14H2,1H3,(H,23,26). The summed E-state index contributed by atoms with van der Waals surface area (Å²) in [7, 11) is 0. The van der Waals surface area contributed by atoms with Gasteiger partial charge in [0, 0.05) is 30.7 Å². The first-order valence-electron chi connectivity index (χ1n) is 9.01. The molecule has 1 amide bonds. The van der Waals surface area contributed by atoms with E-state index >= 15 is 0 Å². The maximum Gasteiger partial charge on any atom is 0.262 e. The third-order valence-corrected chi connectivity index (χ3v) is 5.41. The van der Waals surface area contributed by atoms with Crippen LogP contribution in [-0.4, -0.2) is 50.1 Å². The number of benzene rings is 2. The third-order valence-electron chi connectivity index (χ3n) is 4.58. The molecule has 1 saturated heterocycles. The number of likely N-dealkylation sites (N-methyl/N-ethyl adjacent to an activating group) is 1. The van der Waals surface area contributed by atoms with E-state index in [1.807, 2.05) is 42.5 Å². The lowest BCUT2D eigenvalue weighted by Gasteiger charge is -2.36. The summed E-state index contributed by atoms with van der Waals surface area (Å²) >= 11 is 9.84. The van der Waals surface area contributed by atoms with E-state index in [4.69, 9.17) is 16.3 Å². The number of nitrogens with zero attached hydrogens (tertiary/aromatic N) is 2. The molecule has 0 aliphatic carbocycles. The number of halogens is 2. The van der Waals surface area contributed by atoms with Crippen LogP contribution < -0.4 is 15.0 Å². The zero-order valence-corrected chi connectivity index (χ0v) is 17.6. The van der Waals surface area contributed by atoms with Crippen LogP contribution in [-0.2, 0) is 4.79 Å². The summed E-state index contributed by atoms with van der Waals surface area (Å²) in [5.74, 6) is 0.434. The van der Waals surface area contributed by atoms with E-state index in [0.29, 0.717) is 10.8 Å². The van der Waals surface area contributed by atoms with Crippen LogP contribution >= 0.6 is 27.5 Å². The van der Waals surface area contributed by atoms with E-state index < -0.39 is 0 Å². The molecule has 1 heterocycles. The van der Waals surface area contributed by atoms with Gasteiger partial charge in [-0.1, -0.05) is 40.5 Å². The van der Waals surface area contributed by atoms with Crippen LogP contribution in [0, 0.1) is 0 Å². The van der Waals surface area contributed by atoms with Crippen molar-refractivity contribution in [2.75, 3.05) is 49.5 Å². The van der Waals surface area contributed by atoms with Crippen molar-refractivity contribution in [3.8, 4) is 5.75 Å². The fourth-order valence-electron chi connectivity index (χ4n) is 3.09. The van der Waals surface area contributed by atoms with Gasteiger partial charge in [-0.3, -0.25) is 4.79 Å². The topological polar surface area (TPSA) is 44.8 Å². The summed E-state index contributed by atoms with van der Waals surface area (Å²) in [6.07, 6.45) is 0. The normalized spacial score (nSPS) is 14.9. The molecule has 2 aromatic rings. The largest absolute Gasteiger partial charge is 0.484 e. The van der Waals surface area contributed by atoms with Gasteiger partial charge in [0.05, 0.1) is 16.4 Å². The molecular formula is C20H23BrClN3O2. The van der Waals surface area contributed by atoms with Crippen molar-refractivity contribution >= 4 is 44.8 Å². The first kappa shape index (κ1) is 20.0. The summed E-state index contributed by atoms with van der Waals surface area (Å²) < 4.78 is 6.52. The molecule has 0 bridgehead atoms. The molecule has 3 rings (SSSR count). The molecule has 27 heavy (non-hydrogen) atoms. The zero-order valence-electron chi connectivity index (χ0n) is 15.3. The number of anilines is 2. The fraction of sp³-hybridized carbons (Fsp3) is 0.350. The quantitative estimate of drug-likeness (QED) is 0.711. The monoisotopic (exact) mass is 451 g/mol. The van der Waals surface area contributed by atoms with Crippen LogP contribution in [0.4, 0.5) is 11.4 Å². The lowest BCUT2D eigenvalue weighted by atomic mass is 10.2. The number of para-hydroxylation sites is 1. The molecule has 0 saturated carbocycles. The molecule has 1 fully saturated rings. The molecule has 7 heteroatoms. The Morgan fingerprint density at radius 2 is 1.85 bits per heavy atom. The van der Waals surface area contributed by atoms with Crippen molar-refractivity contribution in [1.82, 2.24) is 4.90 Å². The molecule has 0 radical (unpaired) electrons. The first-order chi connectivity index (χ1) is 13.1.